The normalized spacial score (nSPS) is 11.0. The minimum absolute atomic E-state index is 0.233. The summed E-state index contributed by atoms with van der Waals surface area (Å²) in [6, 6.07) is 16.1. The van der Waals surface area contributed by atoms with E-state index < -0.39 is 0 Å². The van der Waals surface area contributed by atoms with Gasteiger partial charge in [0.05, 0.1) is 0 Å². The molecule has 0 bridgehead atoms. The van der Waals surface area contributed by atoms with Gasteiger partial charge >= 0.3 is 0 Å². The molecule has 0 aliphatic heterocycles. The maximum absolute atomic E-state index is 8.33. The zero-order chi connectivity index (χ0) is 19.6. The number of oxime groups is 1. The Labute approximate surface area is 189 Å². The second-order valence-electron chi connectivity index (χ2n) is 5.44. The van der Waals surface area contributed by atoms with Gasteiger partial charge in [0.15, 0.2) is 5.82 Å². The molecule has 9 heteroatoms. The Hall–Kier alpha value is -1.40. The monoisotopic (exact) mass is 610 g/mol. The molecule has 27 heavy (non-hydrogen) atoms. The lowest BCUT2D eigenvalue weighted by Crippen LogP contribution is -2.14. The molecular formula is C18H17ClI2N4O2. The average molecular weight is 611 g/mol. The molecule has 0 atom stereocenters. The third-order valence-electron chi connectivity index (χ3n) is 3.28. The summed E-state index contributed by atoms with van der Waals surface area (Å²) < 4.78 is 7.27. The van der Waals surface area contributed by atoms with Crippen LogP contribution in [-0.4, -0.2) is 21.2 Å². The quantitative estimate of drug-likeness (QED) is 0.110. The lowest BCUT2D eigenvalue weighted by molar-refractivity contribution is 0.317. The minimum Gasteiger partial charge on any atom is -0.409 e. The zero-order valence-corrected chi connectivity index (χ0v) is 19.2. The predicted molar refractivity (Wildman–Crippen MR) is 122 cm³/mol. The smallest absolute Gasteiger partial charge is 0.241 e. The van der Waals surface area contributed by atoms with E-state index in [1.165, 1.54) is 9.13 Å². The van der Waals surface area contributed by atoms with E-state index in [2.05, 4.69) is 66.5 Å². The molecular weight excluding hydrogens is 593 g/mol. The summed E-state index contributed by atoms with van der Waals surface area (Å²) in [4.78, 5) is 4.14. The SMILES string of the molecule is ClCc1nc(Cc2cccc(I)c2)no1.NC(Cc1cccc(I)c1)=NO. The number of benzene rings is 2. The molecule has 2 aromatic carbocycles. The first-order valence-corrected chi connectivity index (χ1v) is 10.5. The van der Waals surface area contributed by atoms with E-state index in [1.54, 1.807) is 0 Å². The first kappa shape index (κ1) is 21.9. The van der Waals surface area contributed by atoms with E-state index in [1.807, 2.05) is 42.5 Å². The van der Waals surface area contributed by atoms with Crippen molar-refractivity contribution in [1.82, 2.24) is 10.1 Å². The summed E-state index contributed by atoms with van der Waals surface area (Å²) in [5, 5.41) is 15.1. The van der Waals surface area contributed by atoms with Crippen LogP contribution in [0.25, 0.3) is 0 Å². The highest BCUT2D eigenvalue weighted by molar-refractivity contribution is 14.1. The molecule has 0 saturated heterocycles. The second-order valence-corrected chi connectivity index (χ2v) is 8.20. The van der Waals surface area contributed by atoms with Crippen molar-refractivity contribution in [1.29, 1.82) is 0 Å². The number of rotatable bonds is 5. The fourth-order valence-electron chi connectivity index (χ4n) is 2.14. The first-order valence-electron chi connectivity index (χ1n) is 7.83. The third kappa shape index (κ3) is 8.01. The van der Waals surface area contributed by atoms with Crippen LogP contribution < -0.4 is 5.73 Å². The van der Waals surface area contributed by atoms with Crippen LogP contribution in [0, 0.1) is 7.14 Å². The van der Waals surface area contributed by atoms with Gasteiger partial charge in [-0.05, 0) is 80.6 Å². The Bertz CT molecular complexity index is 902. The van der Waals surface area contributed by atoms with Crippen LogP contribution in [0.15, 0.2) is 58.2 Å². The van der Waals surface area contributed by atoms with E-state index in [0.29, 0.717) is 24.6 Å². The summed E-state index contributed by atoms with van der Waals surface area (Å²) >= 11 is 10.1. The van der Waals surface area contributed by atoms with E-state index in [4.69, 9.17) is 27.1 Å². The van der Waals surface area contributed by atoms with Gasteiger partial charge in [-0.15, -0.1) is 11.6 Å². The van der Waals surface area contributed by atoms with Crippen molar-refractivity contribution in [3.63, 3.8) is 0 Å². The summed E-state index contributed by atoms with van der Waals surface area (Å²) in [5.74, 6) is 1.64. The summed E-state index contributed by atoms with van der Waals surface area (Å²) in [6.07, 6.45) is 1.17. The van der Waals surface area contributed by atoms with Crippen LogP contribution in [0.2, 0.25) is 0 Å². The number of hydrogen-bond donors (Lipinski definition) is 2. The van der Waals surface area contributed by atoms with Crippen molar-refractivity contribution < 1.29 is 9.73 Å². The average Bonchev–Trinajstić information content (AvgIpc) is 3.10. The van der Waals surface area contributed by atoms with Gasteiger partial charge in [-0.25, -0.2) is 0 Å². The number of nitrogens with zero attached hydrogens (tertiary/aromatic N) is 3. The van der Waals surface area contributed by atoms with Crippen LogP contribution in [0.1, 0.15) is 22.8 Å². The van der Waals surface area contributed by atoms with Crippen LogP contribution in [-0.2, 0) is 18.7 Å². The molecule has 0 aliphatic rings. The Morgan fingerprint density at radius 2 is 1.74 bits per heavy atom. The van der Waals surface area contributed by atoms with E-state index in [9.17, 15) is 0 Å². The highest BCUT2D eigenvalue weighted by Crippen LogP contribution is 2.12. The molecule has 1 heterocycles. The van der Waals surface area contributed by atoms with Crippen molar-refractivity contribution in [3.05, 3.63) is 78.5 Å². The van der Waals surface area contributed by atoms with Crippen molar-refractivity contribution >= 4 is 62.6 Å². The molecule has 3 rings (SSSR count). The van der Waals surface area contributed by atoms with Crippen LogP contribution >= 0.6 is 56.8 Å². The van der Waals surface area contributed by atoms with Gasteiger partial charge in [-0.3, -0.25) is 0 Å². The number of amidine groups is 1. The van der Waals surface area contributed by atoms with Gasteiger partial charge in [0.1, 0.15) is 11.7 Å². The van der Waals surface area contributed by atoms with Crippen LogP contribution in [0.3, 0.4) is 0 Å². The molecule has 3 aromatic rings. The molecule has 1 aromatic heterocycles. The minimum atomic E-state index is 0.233. The molecule has 0 radical (unpaired) electrons. The number of aromatic nitrogens is 2. The topological polar surface area (TPSA) is 97.5 Å². The van der Waals surface area contributed by atoms with Gasteiger partial charge in [0.2, 0.25) is 5.89 Å². The molecule has 142 valence electrons. The summed E-state index contributed by atoms with van der Waals surface area (Å²) in [5.41, 5.74) is 7.58. The molecule has 0 amide bonds. The molecule has 0 aliphatic carbocycles. The molecule has 3 N–H and O–H groups in total. The third-order valence-corrected chi connectivity index (χ3v) is 4.85. The maximum Gasteiger partial charge on any atom is 0.241 e. The standard InChI is InChI=1S/C10H8ClIN2O.C8H9IN2O/c11-6-10-13-9(14-15-10)5-7-2-1-3-8(12)4-7;9-7-3-1-2-6(4-7)5-8(10)11-12/h1-4H,5-6H2;1-4,12H,5H2,(H2,10,11). The Morgan fingerprint density at radius 1 is 1.11 bits per heavy atom. The fourth-order valence-corrected chi connectivity index (χ4v) is 3.46. The zero-order valence-electron chi connectivity index (χ0n) is 14.1. The van der Waals surface area contributed by atoms with Crippen molar-refractivity contribution in [3.8, 4) is 0 Å². The Kier molecular flexibility index (Phi) is 9.28. The number of halogens is 3. The predicted octanol–water partition coefficient (Wildman–Crippen LogP) is 4.58. The number of hydrogen-bond acceptors (Lipinski definition) is 5. The fraction of sp³-hybridized carbons (Fsp3) is 0.167. The maximum atomic E-state index is 8.33. The molecule has 0 saturated carbocycles. The van der Waals surface area contributed by atoms with Crippen LogP contribution in [0.5, 0.6) is 0 Å². The Morgan fingerprint density at radius 3 is 2.30 bits per heavy atom. The first-order chi connectivity index (χ1) is 13.0. The van der Waals surface area contributed by atoms with Gasteiger partial charge in [-0.2, -0.15) is 4.98 Å². The molecule has 0 fully saturated rings. The van der Waals surface area contributed by atoms with Crippen molar-refractivity contribution in [2.75, 3.05) is 0 Å². The molecule has 6 nitrogen and oxygen atoms in total. The van der Waals surface area contributed by atoms with Gasteiger partial charge in [0, 0.05) is 20.0 Å². The van der Waals surface area contributed by atoms with Crippen molar-refractivity contribution in [2.45, 2.75) is 18.7 Å². The van der Waals surface area contributed by atoms with E-state index in [0.717, 1.165) is 9.13 Å². The van der Waals surface area contributed by atoms with Gasteiger partial charge in [-0.1, -0.05) is 34.6 Å². The number of alkyl halides is 1. The lowest BCUT2D eigenvalue weighted by atomic mass is 10.1. The second kappa shape index (κ2) is 11.4. The molecule has 0 spiro atoms. The van der Waals surface area contributed by atoms with Crippen molar-refractivity contribution in [2.24, 2.45) is 10.9 Å². The van der Waals surface area contributed by atoms with Gasteiger partial charge < -0.3 is 15.5 Å². The van der Waals surface area contributed by atoms with E-state index in [-0.39, 0.29) is 11.7 Å². The highest BCUT2D eigenvalue weighted by atomic mass is 127. The summed E-state index contributed by atoms with van der Waals surface area (Å²) in [6.45, 7) is 0. The number of nitrogens with two attached hydrogens (primary N) is 1. The molecule has 0 unspecified atom stereocenters. The largest absolute Gasteiger partial charge is 0.409 e. The lowest BCUT2D eigenvalue weighted by Gasteiger charge is -1.99. The Balaban J connectivity index is 0.000000199. The van der Waals surface area contributed by atoms with Crippen LogP contribution in [0.4, 0.5) is 0 Å². The summed E-state index contributed by atoms with van der Waals surface area (Å²) in [7, 11) is 0. The van der Waals surface area contributed by atoms with E-state index >= 15 is 0 Å². The highest BCUT2D eigenvalue weighted by Gasteiger charge is 2.05. The van der Waals surface area contributed by atoms with Gasteiger partial charge in [0.25, 0.3) is 0 Å².